The van der Waals surface area contributed by atoms with E-state index < -0.39 is 18.1 Å². The van der Waals surface area contributed by atoms with E-state index in [0.717, 1.165) is 36.6 Å². The molecule has 0 spiro atoms. The zero-order valence-electron chi connectivity index (χ0n) is 21.9. The number of aryl methyl sites for hydroxylation is 1. The first kappa shape index (κ1) is 27.6. The van der Waals surface area contributed by atoms with Gasteiger partial charge in [0.15, 0.2) is 5.96 Å². The third kappa shape index (κ3) is 8.28. The van der Waals surface area contributed by atoms with Gasteiger partial charge in [0.05, 0.1) is 0 Å². The number of ether oxygens (including phenoxy) is 1. The Morgan fingerprint density at radius 2 is 1.95 bits per heavy atom. The number of anilines is 2. The molecule has 1 aromatic heterocycles. The molecule has 0 radical (unpaired) electrons. The Bertz CT molecular complexity index is 1180. The molecule has 0 saturated carbocycles. The number of rotatable bonds is 9. The second-order valence-corrected chi connectivity index (χ2v) is 9.43. The Balaban J connectivity index is 1.23. The van der Waals surface area contributed by atoms with Crippen molar-refractivity contribution in [1.82, 2.24) is 25.9 Å². The van der Waals surface area contributed by atoms with Gasteiger partial charge >= 0.3 is 12.1 Å². The van der Waals surface area contributed by atoms with Gasteiger partial charge in [-0.05, 0) is 31.7 Å². The van der Waals surface area contributed by atoms with Crippen molar-refractivity contribution >= 4 is 35.7 Å². The second-order valence-electron chi connectivity index (χ2n) is 9.43. The Kier molecular flexibility index (Phi) is 9.48. The highest BCUT2D eigenvalue weighted by molar-refractivity contribution is 5.92. The molecule has 0 bridgehead atoms. The molecule has 1 aromatic carbocycles. The number of piperidine rings is 1. The zero-order valence-corrected chi connectivity index (χ0v) is 21.9. The van der Waals surface area contributed by atoms with E-state index >= 15 is 0 Å². The summed E-state index contributed by atoms with van der Waals surface area (Å²) in [5, 5.41) is 20.8. The number of aliphatic imine (C=N–C) groups is 1. The van der Waals surface area contributed by atoms with E-state index in [-0.39, 0.29) is 25.0 Å². The maximum absolute atomic E-state index is 12.8. The maximum Gasteiger partial charge on any atom is 0.408 e. The SMILES string of the molecule is Cc1cc(N2CCC(C(=O)NCC(NC(=O)OCc3ccccc3)C(=O)O)CC2)nc(NC2=NCCCN2)n1. The van der Waals surface area contributed by atoms with Crippen molar-refractivity contribution in [2.24, 2.45) is 10.9 Å². The number of aliphatic carboxylic acids is 1. The fraction of sp³-hybridized carbons (Fsp3) is 0.462. The summed E-state index contributed by atoms with van der Waals surface area (Å²) in [6.45, 7) is 4.50. The van der Waals surface area contributed by atoms with Crippen molar-refractivity contribution in [3.8, 4) is 0 Å². The van der Waals surface area contributed by atoms with Crippen LogP contribution in [0, 0.1) is 12.8 Å². The number of alkyl carbamates (subject to hydrolysis) is 1. The summed E-state index contributed by atoms with van der Waals surface area (Å²) < 4.78 is 5.09. The summed E-state index contributed by atoms with van der Waals surface area (Å²) >= 11 is 0. The quantitative estimate of drug-likeness (QED) is 0.313. The van der Waals surface area contributed by atoms with Crippen LogP contribution in [0.1, 0.15) is 30.5 Å². The third-order valence-electron chi connectivity index (χ3n) is 6.44. The molecule has 13 nitrogen and oxygen atoms in total. The van der Waals surface area contributed by atoms with Gasteiger partial charge in [0.25, 0.3) is 0 Å². The lowest BCUT2D eigenvalue weighted by Gasteiger charge is -2.32. The van der Waals surface area contributed by atoms with Crippen molar-refractivity contribution in [2.75, 3.05) is 42.9 Å². The van der Waals surface area contributed by atoms with Crippen LogP contribution in [0.15, 0.2) is 41.4 Å². The van der Waals surface area contributed by atoms with Crippen molar-refractivity contribution in [1.29, 1.82) is 0 Å². The topological polar surface area (TPSA) is 170 Å². The maximum atomic E-state index is 12.8. The highest BCUT2D eigenvalue weighted by Gasteiger charge is 2.28. The normalized spacial score (nSPS) is 16.3. The first-order valence-corrected chi connectivity index (χ1v) is 13.0. The van der Waals surface area contributed by atoms with E-state index in [2.05, 4.69) is 41.1 Å². The number of benzene rings is 1. The number of guanidine groups is 1. The van der Waals surface area contributed by atoms with Gasteiger partial charge in [-0.15, -0.1) is 0 Å². The molecule has 1 fully saturated rings. The minimum Gasteiger partial charge on any atom is -0.480 e. The molecule has 0 aliphatic carbocycles. The van der Waals surface area contributed by atoms with Gasteiger partial charge in [0.2, 0.25) is 11.9 Å². The molecule has 13 heteroatoms. The van der Waals surface area contributed by atoms with Crippen LogP contribution in [0.4, 0.5) is 16.6 Å². The lowest BCUT2D eigenvalue weighted by Crippen LogP contribution is -2.50. The van der Waals surface area contributed by atoms with Gasteiger partial charge in [-0.1, -0.05) is 30.3 Å². The van der Waals surface area contributed by atoms with Gasteiger partial charge in [0, 0.05) is 50.4 Å². The first-order valence-electron chi connectivity index (χ1n) is 13.0. The molecular weight excluding hydrogens is 504 g/mol. The van der Waals surface area contributed by atoms with Crippen molar-refractivity contribution < 1.29 is 24.2 Å². The molecule has 2 aromatic rings. The highest BCUT2D eigenvalue weighted by Crippen LogP contribution is 2.23. The molecule has 4 rings (SSSR count). The standard InChI is InChI=1S/C26H34N8O5/c1-17-14-21(32-25(30-17)33-24-27-10-5-11-28-24)34-12-8-19(9-13-34)22(35)29-15-20(23(36)37)31-26(38)39-16-18-6-3-2-4-7-18/h2-4,6-7,14,19-20H,5,8-13,15-16H2,1H3,(H,29,35)(H,31,38)(H,36,37)(H2,27,28,30,32,33). The van der Waals surface area contributed by atoms with Crippen LogP contribution in [0.3, 0.4) is 0 Å². The summed E-state index contributed by atoms with van der Waals surface area (Å²) in [7, 11) is 0. The number of carbonyl (C=O) groups is 3. The van der Waals surface area contributed by atoms with E-state index in [9.17, 15) is 19.5 Å². The van der Waals surface area contributed by atoms with Gasteiger partial charge < -0.3 is 30.7 Å². The number of carboxylic acid groups (broad SMARTS) is 1. The monoisotopic (exact) mass is 538 g/mol. The minimum atomic E-state index is -1.31. The lowest BCUT2D eigenvalue weighted by atomic mass is 9.96. The van der Waals surface area contributed by atoms with E-state index in [1.54, 1.807) is 12.1 Å². The summed E-state index contributed by atoms with van der Waals surface area (Å²) in [5.74, 6) is 0.105. The Labute approximate surface area is 226 Å². The number of carboxylic acids is 1. The summed E-state index contributed by atoms with van der Waals surface area (Å²) in [5.41, 5.74) is 1.59. The molecule has 2 amide bonds. The van der Waals surface area contributed by atoms with Crippen molar-refractivity contribution in [3.05, 3.63) is 47.7 Å². The predicted octanol–water partition coefficient (Wildman–Crippen LogP) is 1.26. The minimum absolute atomic E-state index is 0.0129. The number of hydrogen-bond donors (Lipinski definition) is 5. The fourth-order valence-electron chi connectivity index (χ4n) is 4.32. The number of aromatic nitrogens is 2. The summed E-state index contributed by atoms with van der Waals surface area (Å²) in [4.78, 5) is 52.0. The predicted molar refractivity (Wildman–Crippen MR) is 144 cm³/mol. The number of hydrogen-bond acceptors (Lipinski definition) is 10. The van der Waals surface area contributed by atoms with Crippen molar-refractivity contribution in [2.45, 2.75) is 38.8 Å². The fourth-order valence-corrected chi connectivity index (χ4v) is 4.32. The van der Waals surface area contributed by atoms with Crippen LogP contribution < -0.4 is 26.2 Å². The van der Waals surface area contributed by atoms with Gasteiger partial charge in [-0.3, -0.25) is 15.1 Å². The zero-order chi connectivity index (χ0) is 27.6. The van der Waals surface area contributed by atoms with Crippen LogP contribution in [-0.4, -0.2) is 77.8 Å². The van der Waals surface area contributed by atoms with Crippen LogP contribution in [0.2, 0.25) is 0 Å². The molecule has 2 aliphatic rings. The molecule has 1 atom stereocenters. The molecule has 1 unspecified atom stereocenters. The molecular formula is C26H34N8O5. The number of nitrogens with one attached hydrogen (secondary N) is 4. The molecule has 5 N–H and O–H groups in total. The van der Waals surface area contributed by atoms with E-state index in [1.165, 1.54) is 0 Å². The molecule has 3 heterocycles. The van der Waals surface area contributed by atoms with Crippen LogP contribution >= 0.6 is 0 Å². The summed E-state index contributed by atoms with van der Waals surface area (Å²) in [6.07, 6.45) is 1.28. The average Bonchev–Trinajstić information content (AvgIpc) is 2.94. The molecule has 1 saturated heterocycles. The number of carbonyl (C=O) groups excluding carboxylic acids is 2. The Morgan fingerprint density at radius 1 is 1.18 bits per heavy atom. The largest absolute Gasteiger partial charge is 0.480 e. The van der Waals surface area contributed by atoms with Crippen LogP contribution in [0.25, 0.3) is 0 Å². The number of amides is 2. The second kappa shape index (κ2) is 13.4. The van der Waals surface area contributed by atoms with E-state index in [0.29, 0.717) is 37.8 Å². The van der Waals surface area contributed by atoms with Gasteiger partial charge in [-0.2, -0.15) is 4.98 Å². The Morgan fingerprint density at radius 3 is 2.64 bits per heavy atom. The van der Waals surface area contributed by atoms with Gasteiger partial charge in [0.1, 0.15) is 18.5 Å². The smallest absolute Gasteiger partial charge is 0.408 e. The first-order chi connectivity index (χ1) is 18.9. The molecule has 39 heavy (non-hydrogen) atoms. The average molecular weight is 539 g/mol. The van der Waals surface area contributed by atoms with E-state index in [1.807, 2.05) is 31.2 Å². The number of nitrogens with zero attached hydrogens (tertiary/aromatic N) is 4. The summed E-state index contributed by atoms with van der Waals surface area (Å²) in [6, 6.07) is 9.64. The van der Waals surface area contributed by atoms with Crippen molar-refractivity contribution in [3.63, 3.8) is 0 Å². The van der Waals surface area contributed by atoms with Gasteiger partial charge in [-0.25, -0.2) is 14.6 Å². The third-order valence-corrected chi connectivity index (χ3v) is 6.44. The molecule has 2 aliphatic heterocycles. The molecule has 208 valence electrons. The van der Waals surface area contributed by atoms with E-state index in [4.69, 9.17) is 4.74 Å². The lowest BCUT2D eigenvalue weighted by molar-refractivity contribution is -0.139. The van der Waals surface area contributed by atoms with Crippen LogP contribution in [0.5, 0.6) is 0 Å². The van der Waals surface area contributed by atoms with Crippen LogP contribution in [-0.2, 0) is 20.9 Å². The highest BCUT2D eigenvalue weighted by atomic mass is 16.5. The Hall–Kier alpha value is -4.42.